The number of benzene rings is 1. The Kier molecular flexibility index (Phi) is 4.76. The molecule has 0 spiro atoms. The molecule has 2 amide bonds. The highest BCUT2D eigenvalue weighted by Gasteiger charge is 2.07. The quantitative estimate of drug-likeness (QED) is 0.836. The predicted octanol–water partition coefficient (Wildman–Crippen LogP) is 2.38. The third-order valence-electron chi connectivity index (χ3n) is 2.41. The standard InChI is InChI=1S/C12H17FN2O/c1-3-15(4-2)12(16)14-9-10-5-7-11(13)8-6-10/h5-8H,3-4,9H2,1-2H3,(H,14,16). The van der Waals surface area contributed by atoms with Crippen LogP contribution in [0.1, 0.15) is 19.4 Å². The summed E-state index contributed by atoms with van der Waals surface area (Å²) in [5.74, 6) is -0.265. The van der Waals surface area contributed by atoms with Crippen LogP contribution in [0.15, 0.2) is 24.3 Å². The zero-order valence-corrected chi connectivity index (χ0v) is 9.66. The number of amides is 2. The maximum Gasteiger partial charge on any atom is 0.317 e. The highest BCUT2D eigenvalue weighted by molar-refractivity contribution is 5.74. The lowest BCUT2D eigenvalue weighted by Gasteiger charge is -2.19. The van der Waals surface area contributed by atoms with E-state index in [4.69, 9.17) is 0 Å². The van der Waals surface area contributed by atoms with Gasteiger partial charge in [-0.1, -0.05) is 12.1 Å². The number of halogens is 1. The molecule has 0 heterocycles. The number of carbonyl (C=O) groups is 1. The molecule has 0 aliphatic heterocycles. The Morgan fingerprint density at radius 2 is 1.81 bits per heavy atom. The maximum atomic E-state index is 12.6. The Labute approximate surface area is 95.3 Å². The van der Waals surface area contributed by atoms with Crippen molar-refractivity contribution in [1.82, 2.24) is 10.2 Å². The molecule has 0 bridgehead atoms. The third-order valence-corrected chi connectivity index (χ3v) is 2.41. The second kappa shape index (κ2) is 6.10. The molecule has 16 heavy (non-hydrogen) atoms. The van der Waals surface area contributed by atoms with Crippen LogP contribution in [0.4, 0.5) is 9.18 Å². The summed E-state index contributed by atoms with van der Waals surface area (Å²) < 4.78 is 12.6. The molecule has 1 rings (SSSR count). The van der Waals surface area contributed by atoms with Gasteiger partial charge in [-0.15, -0.1) is 0 Å². The molecule has 0 aliphatic rings. The number of hydrogen-bond donors (Lipinski definition) is 1. The van der Waals surface area contributed by atoms with Gasteiger partial charge < -0.3 is 10.2 Å². The first kappa shape index (κ1) is 12.5. The Balaban J connectivity index is 2.45. The van der Waals surface area contributed by atoms with Gasteiger partial charge in [0.05, 0.1) is 0 Å². The fourth-order valence-corrected chi connectivity index (χ4v) is 1.40. The van der Waals surface area contributed by atoms with Crippen LogP contribution in [0, 0.1) is 5.82 Å². The Morgan fingerprint density at radius 3 is 2.31 bits per heavy atom. The molecule has 3 nitrogen and oxygen atoms in total. The second-order valence-electron chi connectivity index (χ2n) is 3.46. The largest absolute Gasteiger partial charge is 0.334 e. The summed E-state index contributed by atoms with van der Waals surface area (Å²) in [5, 5.41) is 2.78. The van der Waals surface area contributed by atoms with Crippen molar-refractivity contribution >= 4 is 6.03 Å². The average molecular weight is 224 g/mol. The van der Waals surface area contributed by atoms with Crippen LogP contribution in [0.25, 0.3) is 0 Å². The lowest BCUT2D eigenvalue weighted by atomic mass is 10.2. The molecule has 1 aromatic carbocycles. The van der Waals surface area contributed by atoms with Gasteiger partial charge in [-0.05, 0) is 31.5 Å². The van der Waals surface area contributed by atoms with E-state index in [1.165, 1.54) is 12.1 Å². The van der Waals surface area contributed by atoms with E-state index in [0.29, 0.717) is 19.6 Å². The molecular weight excluding hydrogens is 207 g/mol. The van der Waals surface area contributed by atoms with Gasteiger partial charge in [0.2, 0.25) is 0 Å². The SMILES string of the molecule is CCN(CC)C(=O)NCc1ccc(F)cc1. The molecule has 4 heteroatoms. The van der Waals surface area contributed by atoms with Gasteiger partial charge in [-0.25, -0.2) is 9.18 Å². The van der Waals surface area contributed by atoms with E-state index in [1.807, 2.05) is 13.8 Å². The summed E-state index contributed by atoms with van der Waals surface area (Å²) in [4.78, 5) is 13.3. The highest BCUT2D eigenvalue weighted by Crippen LogP contribution is 2.02. The van der Waals surface area contributed by atoms with E-state index in [9.17, 15) is 9.18 Å². The topological polar surface area (TPSA) is 32.3 Å². The van der Waals surface area contributed by atoms with Crippen molar-refractivity contribution in [2.45, 2.75) is 20.4 Å². The minimum atomic E-state index is -0.265. The minimum Gasteiger partial charge on any atom is -0.334 e. The van der Waals surface area contributed by atoms with Gasteiger partial charge in [0.1, 0.15) is 5.82 Å². The van der Waals surface area contributed by atoms with Crippen LogP contribution in [-0.2, 0) is 6.54 Å². The van der Waals surface area contributed by atoms with Crippen molar-refractivity contribution in [3.8, 4) is 0 Å². The van der Waals surface area contributed by atoms with Gasteiger partial charge in [0.25, 0.3) is 0 Å². The maximum absolute atomic E-state index is 12.6. The summed E-state index contributed by atoms with van der Waals surface area (Å²) in [5.41, 5.74) is 0.891. The summed E-state index contributed by atoms with van der Waals surface area (Å²) in [7, 11) is 0. The highest BCUT2D eigenvalue weighted by atomic mass is 19.1. The van der Waals surface area contributed by atoms with E-state index < -0.39 is 0 Å². The van der Waals surface area contributed by atoms with Crippen LogP contribution < -0.4 is 5.32 Å². The minimum absolute atomic E-state index is 0.0886. The molecule has 0 atom stereocenters. The lowest BCUT2D eigenvalue weighted by Crippen LogP contribution is -2.39. The first-order valence-corrected chi connectivity index (χ1v) is 5.44. The smallest absolute Gasteiger partial charge is 0.317 e. The van der Waals surface area contributed by atoms with Crippen LogP contribution in [-0.4, -0.2) is 24.0 Å². The summed E-state index contributed by atoms with van der Waals surface area (Å²) in [6.45, 7) is 5.66. The number of carbonyl (C=O) groups excluding carboxylic acids is 1. The molecular formula is C12H17FN2O. The fraction of sp³-hybridized carbons (Fsp3) is 0.417. The number of hydrogen-bond acceptors (Lipinski definition) is 1. The van der Waals surface area contributed by atoms with Gasteiger partial charge in [-0.3, -0.25) is 0 Å². The van der Waals surface area contributed by atoms with E-state index in [-0.39, 0.29) is 11.8 Å². The predicted molar refractivity (Wildman–Crippen MR) is 61.6 cm³/mol. The van der Waals surface area contributed by atoms with Crippen molar-refractivity contribution in [1.29, 1.82) is 0 Å². The Morgan fingerprint density at radius 1 is 1.25 bits per heavy atom. The van der Waals surface area contributed by atoms with Crippen LogP contribution >= 0.6 is 0 Å². The molecule has 0 saturated heterocycles. The van der Waals surface area contributed by atoms with Gasteiger partial charge in [-0.2, -0.15) is 0 Å². The van der Waals surface area contributed by atoms with Crippen molar-refractivity contribution in [3.63, 3.8) is 0 Å². The van der Waals surface area contributed by atoms with E-state index in [0.717, 1.165) is 5.56 Å². The summed E-state index contributed by atoms with van der Waals surface area (Å²) >= 11 is 0. The number of urea groups is 1. The van der Waals surface area contributed by atoms with Crippen molar-refractivity contribution in [3.05, 3.63) is 35.6 Å². The van der Waals surface area contributed by atoms with E-state index in [1.54, 1.807) is 17.0 Å². The number of nitrogens with one attached hydrogen (secondary N) is 1. The lowest BCUT2D eigenvalue weighted by molar-refractivity contribution is 0.203. The fourth-order valence-electron chi connectivity index (χ4n) is 1.40. The van der Waals surface area contributed by atoms with E-state index >= 15 is 0 Å². The van der Waals surface area contributed by atoms with E-state index in [2.05, 4.69) is 5.32 Å². The molecule has 0 saturated carbocycles. The zero-order chi connectivity index (χ0) is 12.0. The average Bonchev–Trinajstić information content (AvgIpc) is 2.30. The monoisotopic (exact) mass is 224 g/mol. The third kappa shape index (κ3) is 3.53. The van der Waals surface area contributed by atoms with Crippen molar-refractivity contribution < 1.29 is 9.18 Å². The van der Waals surface area contributed by atoms with Gasteiger partial charge >= 0.3 is 6.03 Å². The molecule has 88 valence electrons. The summed E-state index contributed by atoms with van der Waals surface area (Å²) in [6.07, 6.45) is 0. The summed E-state index contributed by atoms with van der Waals surface area (Å²) in [6, 6.07) is 6.02. The van der Waals surface area contributed by atoms with Crippen molar-refractivity contribution in [2.24, 2.45) is 0 Å². The molecule has 0 fully saturated rings. The molecule has 1 N–H and O–H groups in total. The van der Waals surface area contributed by atoms with Crippen LogP contribution in [0.3, 0.4) is 0 Å². The Hall–Kier alpha value is -1.58. The van der Waals surface area contributed by atoms with Gasteiger partial charge in [0, 0.05) is 19.6 Å². The second-order valence-corrected chi connectivity index (χ2v) is 3.46. The van der Waals surface area contributed by atoms with Crippen LogP contribution in [0.2, 0.25) is 0 Å². The molecule has 0 aromatic heterocycles. The first-order valence-electron chi connectivity index (χ1n) is 5.44. The normalized spacial score (nSPS) is 9.94. The molecule has 0 unspecified atom stereocenters. The number of rotatable bonds is 4. The molecule has 1 aromatic rings. The number of nitrogens with zero attached hydrogens (tertiary/aromatic N) is 1. The van der Waals surface area contributed by atoms with Gasteiger partial charge in [0.15, 0.2) is 0 Å². The van der Waals surface area contributed by atoms with Crippen LogP contribution in [0.5, 0.6) is 0 Å². The molecule has 0 aliphatic carbocycles. The van der Waals surface area contributed by atoms with Crippen molar-refractivity contribution in [2.75, 3.05) is 13.1 Å². The Bertz CT molecular complexity index is 333. The first-order chi connectivity index (χ1) is 7.67. The molecule has 0 radical (unpaired) electrons. The zero-order valence-electron chi connectivity index (χ0n) is 9.66.